The molecule has 4 nitrogen and oxygen atoms in total. The van der Waals surface area contributed by atoms with Crippen LogP contribution in [0.15, 0.2) is 42.5 Å². The average molecular weight is 329 g/mol. The Bertz CT molecular complexity index is 758. The maximum absolute atomic E-state index is 13.1. The Hall–Kier alpha value is -2.69. The molecule has 0 spiro atoms. The summed E-state index contributed by atoms with van der Waals surface area (Å²) in [6, 6.07) is 10.4. The summed E-state index contributed by atoms with van der Waals surface area (Å²) in [7, 11) is 0. The van der Waals surface area contributed by atoms with Crippen LogP contribution in [0.3, 0.4) is 0 Å². The van der Waals surface area contributed by atoms with Crippen LogP contribution in [0.5, 0.6) is 0 Å². The van der Waals surface area contributed by atoms with Gasteiger partial charge in [0.1, 0.15) is 11.9 Å². The van der Waals surface area contributed by atoms with Crippen molar-refractivity contribution in [3.63, 3.8) is 0 Å². The van der Waals surface area contributed by atoms with Crippen molar-refractivity contribution < 1.29 is 19.1 Å². The Labute approximate surface area is 140 Å². The minimum Gasteiger partial charge on any atom is -0.480 e. The van der Waals surface area contributed by atoms with Gasteiger partial charge in [0.15, 0.2) is 0 Å². The van der Waals surface area contributed by atoms with Crippen LogP contribution in [0.2, 0.25) is 0 Å². The van der Waals surface area contributed by atoms with Crippen molar-refractivity contribution in [2.45, 2.75) is 32.7 Å². The number of carbonyl (C=O) groups is 2. The van der Waals surface area contributed by atoms with E-state index in [-0.39, 0.29) is 12.8 Å². The number of nitrogens with one attached hydrogen (secondary N) is 1. The van der Waals surface area contributed by atoms with Crippen molar-refractivity contribution in [1.29, 1.82) is 0 Å². The van der Waals surface area contributed by atoms with Crippen LogP contribution in [0.1, 0.15) is 22.3 Å². The number of aryl methyl sites for hydroxylation is 2. The molecule has 0 fully saturated rings. The molecule has 2 N–H and O–H groups in total. The summed E-state index contributed by atoms with van der Waals surface area (Å²) in [5.41, 5.74) is 3.54. The average Bonchev–Trinajstić information content (AvgIpc) is 2.50. The predicted molar refractivity (Wildman–Crippen MR) is 89.3 cm³/mol. The SMILES string of the molecule is Cc1ccc(C[C@H](NC(=O)Cc2cccc(F)c2)C(=O)O)cc1C. The quantitative estimate of drug-likeness (QED) is 0.856. The monoisotopic (exact) mass is 329 g/mol. The van der Waals surface area contributed by atoms with Crippen LogP contribution in [-0.2, 0) is 22.4 Å². The molecule has 0 heterocycles. The zero-order valence-corrected chi connectivity index (χ0v) is 13.7. The Kier molecular flexibility index (Phi) is 5.68. The van der Waals surface area contributed by atoms with Gasteiger partial charge in [0.25, 0.3) is 0 Å². The largest absolute Gasteiger partial charge is 0.480 e. The van der Waals surface area contributed by atoms with Crippen LogP contribution in [-0.4, -0.2) is 23.0 Å². The molecule has 0 bridgehead atoms. The standard InChI is InChI=1S/C19H20FNO3/c1-12-6-7-15(8-13(12)2)10-17(19(23)24)21-18(22)11-14-4-3-5-16(20)9-14/h3-9,17H,10-11H2,1-2H3,(H,21,22)(H,23,24)/t17-/m0/s1. The van der Waals surface area contributed by atoms with Gasteiger partial charge in [-0.2, -0.15) is 0 Å². The minimum absolute atomic E-state index is 0.0610. The summed E-state index contributed by atoms with van der Waals surface area (Å²) in [6.07, 6.45) is 0.139. The van der Waals surface area contributed by atoms with Crippen LogP contribution in [0.4, 0.5) is 4.39 Å². The first kappa shape index (κ1) is 17.7. The molecule has 1 amide bonds. The molecule has 0 aliphatic rings. The van der Waals surface area contributed by atoms with E-state index in [2.05, 4.69) is 5.32 Å². The topological polar surface area (TPSA) is 66.4 Å². The molecule has 1 atom stereocenters. The summed E-state index contributed by atoms with van der Waals surface area (Å²) in [5.74, 6) is -1.97. The molecule has 2 aromatic carbocycles. The van der Waals surface area contributed by atoms with Gasteiger partial charge in [0, 0.05) is 6.42 Å². The highest BCUT2D eigenvalue weighted by atomic mass is 19.1. The maximum atomic E-state index is 13.1. The molecule has 2 aromatic rings. The first-order chi connectivity index (χ1) is 11.3. The molecule has 0 radical (unpaired) electrons. The van der Waals surface area contributed by atoms with Crippen molar-refractivity contribution in [3.05, 3.63) is 70.5 Å². The highest BCUT2D eigenvalue weighted by molar-refractivity contribution is 5.85. The fourth-order valence-corrected chi connectivity index (χ4v) is 2.44. The Morgan fingerprint density at radius 1 is 1.08 bits per heavy atom. The number of rotatable bonds is 6. The fraction of sp³-hybridized carbons (Fsp3) is 0.263. The van der Waals surface area contributed by atoms with Gasteiger partial charge in [-0.25, -0.2) is 9.18 Å². The molecule has 2 rings (SSSR count). The number of hydrogen-bond acceptors (Lipinski definition) is 2. The highest BCUT2D eigenvalue weighted by Gasteiger charge is 2.20. The minimum atomic E-state index is -1.10. The lowest BCUT2D eigenvalue weighted by molar-refractivity contribution is -0.141. The number of halogens is 1. The van der Waals surface area contributed by atoms with Crippen LogP contribution in [0, 0.1) is 19.7 Å². The zero-order chi connectivity index (χ0) is 17.7. The Balaban J connectivity index is 2.03. The third kappa shape index (κ3) is 4.91. The molecule has 24 heavy (non-hydrogen) atoms. The molecule has 0 aliphatic heterocycles. The highest BCUT2D eigenvalue weighted by Crippen LogP contribution is 2.12. The number of carboxylic acid groups (broad SMARTS) is 1. The number of hydrogen-bond donors (Lipinski definition) is 2. The maximum Gasteiger partial charge on any atom is 0.326 e. The van der Waals surface area contributed by atoms with Crippen LogP contribution >= 0.6 is 0 Å². The first-order valence-electron chi connectivity index (χ1n) is 7.68. The van der Waals surface area contributed by atoms with E-state index in [1.165, 1.54) is 18.2 Å². The number of aliphatic carboxylic acids is 1. The fourth-order valence-electron chi connectivity index (χ4n) is 2.44. The van der Waals surface area contributed by atoms with Crippen LogP contribution in [0.25, 0.3) is 0 Å². The van der Waals surface area contributed by atoms with Gasteiger partial charge >= 0.3 is 5.97 Å². The third-order valence-corrected chi connectivity index (χ3v) is 3.90. The second-order valence-corrected chi connectivity index (χ2v) is 5.89. The molecule has 0 saturated carbocycles. The number of amides is 1. The van der Waals surface area contributed by atoms with Gasteiger partial charge in [-0.1, -0.05) is 30.3 Å². The summed E-state index contributed by atoms with van der Waals surface area (Å²) in [5, 5.41) is 11.8. The molecule has 0 unspecified atom stereocenters. The number of carboxylic acids is 1. The second-order valence-electron chi connectivity index (χ2n) is 5.89. The molecule has 126 valence electrons. The second kappa shape index (κ2) is 7.73. The number of carbonyl (C=O) groups excluding carboxylic acids is 1. The van der Waals surface area contributed by atoms with E-state index < -0.39 is 23.7 Å². The molecular formula is C19H20FNO3. The third-order valence-electron chi connectivity index (χ3n) is 3.90. The van der Waals surface area contributed by atoms with Crippen molar-refractivity contribution in [1.82, 2.24) is 5.32 Å². The van der Waals surface area contributed by atoms with Gasteiger partial charge in [0.05, 0.1) is 6.42 Å². The van der Waals surface area contributed by atoms with E-state index in [1.807, 2.05) is 32.0 Å². The molecule has 5 heteroatoms. The van der Waals surface area contributed by atoms with E-state index in [4.69, 9.17) is 0 Å². The lowest BCUT2D eigenvalue weighted by Gasteiger charge is -2.15. The van der Waals surface area contributed by atoms with Gasteiger partial charge < -0.3 is 10.4 Å². The van der Waals surface area contributed by atoms with Crippen molar-refractivity contribution in [2.75, 3.05) is 0 Å². The normalized spacial score (nSPS) is 11.8. The lowest BCUT2D eigenvalue weighted by Crippen LogP contribution is -2.43. The summed E-state index contributed by atoms with van der Waals surface area (Å²) in [6.45, 7) is 3.94. The van der Waals surface area contributed by atoms with Gasteiger partial charge in [-0.3, -0.25) is 4.79 Å². The van der Waals surface area contributed by atoms with Gasteiger partial charge in [-0.15, -0.1) is 0 Å². The van der Waals surface area contributed by atoms with E-state index in [0.29, 0.717) is 5.56 Å². The van der Waals surface area contributed by atoms with E-state index in [9.17, 15) is 19.1 Å². The molecule has 0 aromatic heterocycles. The summed E-state index contributed by atoms with van der Waals surface area (Å²) >= 11 is 0. The molecule has 0 aliphatic carbocycles. The van der Waals surface area contributed by atoms with Crippen LogP contribution < -0.4 is 5.32 Å². The summed E-state index contributed by atoms with van der Waals surface area (Å²) in [4.78, 5) is 23.5. The summed E-state index contributed by atoms with van der Waals surface area (Å²) < 4.78 is 13.1. The van der Waals surface area contributed by atoms with Crippen molar-refractivity contribution in [3.8, 4) is 0 Å². The number of benzene rings is 2. The smallest absolute Gasteiger partial charge is 0.326 e. The Morgan fingerprint density at radius 3 is 2.46 bits per heavy atom. The molecular weight excluding hydrogens is 309 g/mol. The van der Waals surface area contributed by atoms with E-state index in [1.54, 1.807) is 6.07 Å². The van der Waals surface area contributed by atoms with Crippen molar-refractivity contribution >= 4 is 11.9 Å². The van der Waals surface area contributed by atoms with E-state index >= 15 is 0 Å². The molecule has 0 saturated heterocycles. The Morgan fingerprint density at radius 2 is 1.83 bits per heavy atom. The van der Waals surface area contributed by atoms with Gasteiger partial charge in [0.2, 0.25) is 5.91 Å². The lowest BCUT2D eigenvalue weighted by atomic mass is 10.0. The van der Waals surface area contributed by atoms with Crippen molar-refractivity contribution in [2.24, 2.45) is 0 Å². The van der Waals surface area contributed by atoms with Gasteiger partial charge in [-0.05, 0) is 48.2 Å². The zero-order valence-electron chi connectivity index (χ0n) is 13.7. The predicted octanol–water partition coefficient (Wildman–Crippen LogP) is 2.80. The van der Waals surface area contributed by atoms with E-state index in [0.717, 1.165) is 16.7 Å². The first-order valence-corrected chi connectivity index (χ1v) is 7.68.